The molecule has 3 aliphatic heterocycles. The molecule has 1 aromatic heterocycles. The van der Waals surface area contributed by atoms with Gasteiger partial charge < -0.3 is 14.4 Å². The number of nitrogens with zero attached hydrogens (tertiary/aromatic N) is 4. The maximum absolute atomic E-state index is 13.0. The van der Waals surface area contributed by atoms with Crippen molar-refractivity contribution in [3.63, 3.8) is 0 Å². The Morgan fingerprint density at radius 3 is 2.77 bits per heavy atom. The van der Waals surface area contributed by atoms with Gasteiger partial charge in [-0.05, 0) is 19.3 Å². The molecule has 4 heterocycles. The predicted molar refractivity (Wildman–Crippen MR) is 89.9 cm³/mol. The fourth-order valence-corrected chi connectivity index (χ4v) is 5.90. The predicted octanol–water partition coefficient (Wildman–Crippen LogP) is -0.770. The number of carbonyl (C=O) groups excluding carboxylic acids is 1. The van der Waals surface area contributed by atoms with Crippen molar-refractivity contribution in [2.24, 2.45) is 0 Å². The number of carbonyl (C=O) groups is 1. The molecule has 10 nitrogen and oxygen atoms in total. The largest absolute Gasteiger partial charge is 0.381 e. The first kappa shape index (κ1) is 17.8. The molecule has 1 N–H and O–H groups in total. The van der Waals surface area contributed by atoms with Gasteiger partial charge in [-0.25, -0.2) is 8.42 Å². The molecular weight excluding hydrogens is 362 g/mol. The number of sulfonamides is 1. The Morgan fingerprint density at radius 2 is 2.04 bits per heavy atom. The van der Waals surface area contributed by atoms with Crippen LogP contribution in [0.15, 0.2) is 6.20 Å². The lowest BCUT2D eigenvalue weighted by Gasteiger charge is -2.41. The molecule has 4 rings (SSSR count). The standard InChI is InChI=1S/C15H23N5O5S/c21-14(13-9-16-18-17-13)19-4-3-15(10-19)11-20(5-8-25-15)26(22,23)12-1-6-24-7-2-12/h9,12H,1-8,10-11H2,(H,16,17,18). The summed E-state index contributed by atoms with van der Waals surface area (Å²) in [6.07, 6.45) is 3.06. The highest BCUT2D eigenvalue weighted by molar-refractivity contribution is 7.89. The lowest BCUT2D eigenvalue weighted by Crippen LogP contribution is -2.57. The number of aromatic amines is 1. The zero-order valence-corrected chi connectivity index (χ0v) is 15.3. The maximum Gasteiger partial charge on any atom is 0.276 e. The van der Waals surface area contributed by atoms with Crippen molar-refractivity contribution in [2.75, 3.05) is 46.0 Å². The summed E-state index contributed by atoms with van der Waals surface area (Å²) < 4.78 is 38.8. The number of amides is 1. The Labute approximate surface area is 151 Å². The van der Waals surface area contributed by atoms with Crippen molar-refractivity contribution in [1.29, 1.82) is 0 Å². The van der Waals surface area contributed by atoms with E-state index in [-0.39, 0.29) is 23.4 Å². The fourth-order valence-electron chi connectivity index (χ4n) is 3.94. The summed E-state index contributed by atoms with van der Waals surface area (Å²) in [5.41, 5.74) is -0.389. The van der Waals surface area contributed by atoms with Gasteiger partial charge in [-0.1, -0.05) is 0 Å². The molecule has 26 heavy (non-hydrogen) atoms. The lowest BCUT2D eigenvalue weighted by molar-refractivity contribution is -0.0800. The normalized spacial score (nSPS) is 28.7. The smallest absolute Gasteiger partial charge is 0.276 e. The molecule has 1 amide bonds. The highest BCUT2D eigenvalue weighted by Gasteiger charge is 2.48. The molecule has 1 unspecified atom stereocenters. The number of hydrogen-bond acceptors (Lipinski definition) is 7. The summed E-state index contributed by atoms with van der Waals surface area (Å²) in [6, 6.07) is 0. The van der Waals surface area contributed by atoms with Crippen molar-refractivity contribution in [1.82, 2.24) is 24.6 Å². The second-order valence-electron chi connectivity index (χ2n) is 7.05. The third-order valence-corrected chi connectivity index (χ3v) is 7.75. The number of H-pyrrole nitrogens is 1. The number of likely N-dealkylation sites (tertiary alicyclic amines) is 1. The molecule has 0 aromatic carbocycles. The van der Waals surface area contributed by atoms with Gasteiger partial charge in [0, 0.05) is 32.8 Å². The van der Waals surface area contributed by atoms with E-state index in [1.807, 2.05) is 0 Å². The summed E-state index contributed by atoms with van der Waals surface area (Å²) in [5, 5.41) is 9.53. The van der Waals surface area contributed by atoms with E-state index in [0.29, 0.717) is 58.7 Å². The Bertz CT molecular complexity index is 748. The molecule has 1 spiro atoms. The summed E-state index contributed by atoms with van der Waals surface area (Å²) in [4.78, 5) is 14.1. The molecule has 0 radical (unpaired) electrons. The molecule has 0 aliphatic carbocycles. The third kappa shape index (κ3) is 3.24. The van der Waals surface area contributed by atoms with Crippen molar-refractivity contribution < 1.29 is 22.7 Å². The number of aromatic nitrogens is 3. The summed E-state index contributed by atoms with van der Waals surface area (Å²) in [7, 11) is -3.39. The minimum Gasteiger partial charge on any atom is -0.381 e. The number of morpholine rings is 1. The molecule has 0 saturated carbocycles. The van der Waals surface area contributed by atoms with Crippen LogP contribution in [0.2, 0.25) is 0 Å². The molecule has 1 atom stereocenters. The van der Waals surface area contributed by atoms with E-state index in [0.717, 1.165) is 0 Å². The molecule has 3 saturated heterocycles. The first-order chi connectivity index (χ1) is 12.5. The quantitative estimate of drug-likeness (QED) is 0.726. The van der Waals surface area contributed by atoms with Crippen LogP contribution in [0.25, 0.3) is 0 Å². The first-order valence-corrected chi connectivity index (χ1v) is 10.4. The van der Waals surface area contributed by atoms with Gasteiger partial charge >= 0.3 is 0 Å². The van der Waals surface area contributed by atoms with E-state index >= 15 is 0 Å². The van der Waals surface area contributed by atoms with E-state index in [9.17, 15) is 13.2 Å². The van der Waals surface area contributed by atoms with E-state index in [1.165, 1.54) is 6.20 Å². The van der Waals surface area contributed by atoms with Crippen molar-refractivity contribution in [2.45, 2.75) is 30.1 Å². The first-order valence-electron chi connectivity index (χ1n) is 8.86. The minimum absolute atomic E-state index is 0.219. The van der Waals surface area contributed by atoms with E-state index in [2.05, 4.69) is 15.4 Å². The number of hydrogen-bond donors (Lipinski definition) is 1. The van der Waals surface area contributed by atoms with E-state index in [1.54, 1.807) is 9.21 Å². The van der Waals surface area contributed by atoms with Gasteiger partial charge in [0.15, 0.2) is 5.69 Å². The van der Waals surface area contributed by atoms with Crippen LogP contribution in [0, 0.1) is 0 Å². The highest BCUT2D eigenvalue weighted by Crippen LogP contribution is 2.32. The Hall–Kier alpha value is -1.56. The zero-order valence-electron chi connectivity index (χ0n) is 14.5. The van der Waals surface area contributed by atoms with Crippen LogP contribution >= 0.6 is 0 Å². The SMILES string of the molecule is O=C(c1cn[nH]n1)N1CCC2(C1)CN(S(=O)(=O)C1CCOCC1)CCO2. The molecule has 3 fully saturated rings. The van der Waals surface area contributed by atoms with Crippen molar-refractivity contribution in [3.8, 4) is 0 Å². The second kappa shape index (κ2) is 6.87. The summed E-state index contributed by atoms with van der Waals surface area (Å²) in [5.74, 6) is -0.219. The van der Waals surface area contributed by atoms with E-state index < -0.39 is 15.6 Å². The molecule has 0 bridgehead atoms. The average Bonchev–Trinajstić information content (AvgIpc) is 3.33. The molecule has 1 aromatic rings. The molecule has 11 heteroatoms. The number of ether oxygens (including phenoxy) is 2. The van der Waals surface area contributed by atoms with Crippen LogP contribution in [-0.4, -0.2) is 95.8 Å². The molecule has 144 valence electrons. The van der Waals surface area contributed by atoms with Gasteiger partial charge in [-0.3, -0.25) is 4.79 Å². The van der Waals surface area contributed by atoms with Gasteiger partial charge in [0.05, 0.1) is 24.6 Å². The Kier molecular flexibility index (Phi) is 4.71. The molecular formula is C15H23N5O5S. The van der Waals surface area contributed by atoms with Gasteiger partial charge in [0.2, 0.25) is 10.0 Å². The Balaban J connectivity index is 1.46. The summed E-state index contributed by atoms with van der Waals surface area (Å²) in [6.45, 7) is 2.83. The van der Waals surface area contributed by atoms with Crippen LogP contribution in [-0.2, 0) is 19.5 Å². The van der Waals surface area contributed by atoms with Crippen LogP contribution in [0.3, 0.4) is 0 Å². The minimum atomic E-state index is -3.39. The van der Waals surface area contributed by atoms with Crippen LogP contribution in [0.5, 0.6) is 0 Å². The lowest BCUT2D eigenvalue weighted by atomic mass is 10.0. The van der Waals surface area contributed by atoms with E-state index in [4.69, 9.17) is 9.47 Å². The van der Waals surface area contributed by atoms with Crippen LogP contribution in [0.4, 0.5) is 0 Å². The van der Waals surface area contributed by atoms with Crippen LogP contribution in [0.1, 0.15) is 29.8 Å². The van der Waals surface area contributed by atoms with Crippen LogP contribution < -0.4 is 0 Å². The van der Waals surface area contributed by atoms with Gasteiger partial charge in [0.25, 0.3) is 5.91 Å². The monoisotopic (exact) mass is 385 g/mol. The fraction of sp³-hybridized carbons (Fsp3) is 0.800. The average molecular weight is 385 g/mol. The van der Waals surface area contributed by atoms with Crippen molar-refractivity contribution in [3.05, 3.63) is 11.9 Å². The van der Waals surface area contributed by atoms with Gasteiger partial charge in [-0.2, -0.15) is 19.7 Å². The van der Waals surface area contributed by atoms with Gasteiger partial charge in [-0.15, -0.1) is 0 Å². The maximum atomic E-state index is 13.0. The number of rotatable bonds is 3. The highest BCUT2D eigenvalue weighted by atomic mass is 32.2. The summed E-state index contributed by atoms with van der Waals surface area (Å²) >= 11 is 0. The third-order valence-electron chi connectivity index (χ3n) is 5.40. The topological polar surface area (TPSA) is 118 Å². The van der Waals surface area contributed by atoms with Crippen molar-refractivity contribution >= 4 is 15.9 Å². The second-order valence-corrected chi connectivity index (χ2v) is 9.27. The Morgan fingerprint density at radius 1 is 1.23 bits per heavy atom. The molecule has 3 aliphatic rings. The number of nitrogens with one attached hydrogen (secondary N) is 1. The zero-order chi connectivity index (χ0) is 18.2. The van der Waals surface area contributed by atoms with Gasteiger partial charge in [0.1, 0.15) is 5.60 Å².